The first kappa shape index (κ1) is 13.0. The van der Waals surface area contributed by atoms with Gasteiger partial charge in [-0.1, -0.05) is 18.8 Å². The van der Waals surface area contributed by atoms with Crippen LogP contribution < -0.4 is 0 Å². The number of carboxylic acid groups (broad SMARTS) is 1. The third-order valence-electron chi connectivity index (χ3n) is 3.07. The second-order valence-electron chi connectivity index (χ2n) is 4.13. The number of carbonyl (C=O) groups is 1. The highest BCUT2D eigenvalue weighted by atomic mass is 16.5. The molecule has 0 aromatic rings. The Morgan fingerprint density at radius 3 is 2.81 bits per heavy atom. The zero-order valence-corrected chi connectivity index (χ0v) is 9.69. The normalized spacial score (nSPS) is 25.3. The molecule has 0 aromatic carbocycles. The molecule has 0 spiro atoms. The lowest BCUT2D eigenvalue weighted by Gasteiger charge is -2.37. The van der Waals surface area contributed by atoms with E-state index < -0.39 is 5.97 Å². The first-order valence-corrected chi connectivity index (χ1v) is 5.61. The molecule has 0 amide bonds. The van der Waals surface area contributed by atoms with Crippen molar-refractivity contribution in [2.75, 3.05) is 20.2 Å². The molecule has 1 rings (SSSR count). The third-order valence-corrected chi connectivity index (χ3v) is 3.07. The molecule has 0 heterocycles. The van der Waals surface area contributed by atoms with Crippen molar-refractivity contribution in [2.45, 2.75) is 37.8 Å². The Morgan fingerprint density at radius 2 is 2.25 bits per heavy atom. The van der Waals surface area contributed by atoms with Crippen LogP contribution in [0.1, 0.15) is 25.7 Å². The van der Waals surface area contributed by atoms with Crippen molar-refractivity contribution < 1.29 is 14.6 Å². The summed E-state index contributed by atoms with van der Waals surface area (Å²) in [5.74, 6) is 1.68. The van der Waals surface area contributed by atoms with Crippen LogP contribution in [-0.2, 0) is 9.53 Å². The summed E-state index contributed by atoms with van der Waals surface area (Å²) in [6.07, 6.45) is 9.60. The average molecular weight is 225 g/mol. The van der Waals surface area contributed by atoms with Crippen molar-refractivity contribution in [1.29, 1.82) is 0 Å². The number of rotatable bonds is 5. The summed E-state index contributed by atoms with van der Waals surface area (Å²) in [5.41, 5.74) is 0. The molecule has 4 nitrogen and oxygen atoms in total. The average Bonchev–Trinajstić information content (AvgIpc) is 2.28. The maximum absolute atomic E-state index is 10.8. The van der Waals surface area contributed by atoms with Crippen LogP contribution in [0.2, 0.25) is 0 Å². The van der Waals surface area contributed by atoms with E-state index in [4.69, 9.17) is 16.3 Å². The summed E-state index contributed by atoms with van der Waals surface area (Å²) in [6.45, 7) is 0.367. The largest absolute Gasteiger partial charge is 0.480 e. The number of aliphatic carboxylic acids is 1. The Labute approximate surface area is 96.6 Å². The van der Waals surface area contributed by atoms with Crippen molar-refractivity contribution in [2.24, 2.45) is 0 Å². The molecule has 0 saturated heterocycles. The monoisotopic (exact) mass is 225 g/mol. The van der Waals surface area contributed by atoms with Gasteiger partial charge in [-0.2, -0.15) is 0 Å². The zero-order chi connectivity index (χ0) is 12.0. The first-order chi connectivity index (χ1) is 7.69. The van der Waals surface area contributed by atoms with Gasteiger partial charge in [0.25, 0.3) is 0 Å². The van der Waals surface area contributed by atoms with E-state index in [1.807, 2.05) is 4.90 Å². The fourth-order valence-corrected chi connectivity index (χ4v) is 2.35. The van der Waals surface area contributed by atoms with Gasteiger partial charge in [-0.15, -0.1) is 6.42 Å². The van der Waals surface area contributed by atoms with Crippen LogP contribution in [0.15, 0.2) is 0 Å². The summed E-state index contributed by atoms with van der Waals surface area (Å²) in [5, 5.41) is 8.85. The quantitative estimate of drug-likeness (QED) is 0.708. The van der Waals surface area contributed by atoms with Crippen molar-refractivity contribution >= 4 is 5.97 Å². The van der Waals surface area contributed by atoms with E-state index in [-0.39, 0.29) is 18.7 Å². The van der Waals surface area contributed by atoms with Crippen LogP contribution in [-0.4, -0.2) is 48.3 Å². The summed E-state index contributed by atoms with van der Waals surface area (Å²) < 4.78 is 5.41. The van der Waals surface area contributed by atoms with E-state index >= 15 is 0 Å². The van der Waals surface area contributed by atoms with Gasteiger partial charge in [0.15, 0.2) is 0 Å². The minimum Gasteiger partial charge on any atom is -0.480 e. The van der Waals surface area contributed by atoms with E-state index in [1.165, 1.54) is 0 Å². The molecule has 1 N–H and O–H groups in total. The van der Waals surface area contributed by atoms with E-state index in [2.05, 4.69) is 5.92 Å². The Balaban J connectivity index is 2.66. The molecule has 1 fully saturated rings. The predicted molar refractivity (Wildman–Crippen MR) is 61.1 cm³/mol. The van der Waals surface area contributed by atoms with Gasteiger partial charge in [0.1, 0.15) is 0 Å². The van der Waals surface area contributed by atoms with Gasteiger partial charge in [0.2, 0.25) is 0 Å². The van der Waals surface area contributed by atoms with E-state index in [1.54, 1.807) is 7.11 Å². The lowest BCUT2D eigenvalue weighted by molar-refractivity contribution is -0.139. The predicted octanol–water partition coefficient (Wildman–Crippen LogP) is 0.964. The SMILES string of the molecule is C#CCN(CC(=O)O)C1CCCCC1OC. The molecule has 90 valence electrons. The Morgan fingerprint density at radius 1 is 1.56 bits per heavy atom. The minimum atomic E-state index is -0.837. The van der Waals surface area contributed by atoms with Crippen LogP contribution in [0.5, 0.6) is 0 Å². The number of carboxylic acids is 1. The van der Waals surface area contributed by atoms with Gasteiger partial charge in [-0.25, -0.2) is 0 Å². The Bertz CT molecular complexity index is 272. The summed E-state index contributed by atoms with van der Waals surface area (Å²) in [4.78, 5) is 12.6. The zero-order valence-electron chi connectivity index (χ0n) is 9.69. The molecule has 2 unspecified atom stereocenters. The summed E-state index contributed by atoms with van der Waals surface area (Å²) in [7, 11) is 1.68. The summed E-state index contributed by atoms with van der Waals surface area (Å²) in [6, 6.07) is 0.144. The van der Waals surface area contributed by atoms with E-state index in [0.717, 1.165) is 25.7 Å². The summed E-state index contributed by atoms with van der Waals surface area (Å²) >= 11 is 0. The number of nitrogens with zero attached hydrogens (tertiary/aromatic N) is 1. The molecule has 16 heavy (non-hydrogen) atoms. The maximum Gasteiger partial charge on any atom is 0.317 e. The van der Waals surface area contributed by atoms with Gasteiger partial charge in [-0.3, -0.25) is 9.69 Å². The highest BCUT2D eigenvalue weighted by Gasteiger charge is 2.30. The topological polar surface area (TPSA) is 49.8 Å². The van der Waals surface area contributed by atoms with Gasteiger partial charge in [0, 0.05) is 13.2 Å². The first-order valence-electron chi connectivity index (χ1n) is 5.61. The lowest BCUT2D eigenvalue weighted by atomic mass is 9.91. The Hall–Kier alpha value is -1.05. The second-order valence-corrected chi connectivity index (χ2v) is 4.13. The smallest absolute Gasteiger partial charge is 0.317 e. The second kappa shape index (κ2) is 6.51. The number of ether oxygens (including phenoxy) is 1. The van der Waals surface area contributed by atoms with Crippen LogP contribution in [0, 0.1) is 12.3 Å². The van der Waals surface area contributed by atoms with Gasteiger partial charge in [-0.05, 0) is 12.8 Å². The molecule has 0 radical (unpaired) electrons. The molecule has 1 saturated carbocycles. The highest BCUT2D eigenvalue weighted by molar-refractivity contribution is 5.69. The van der Waals surface area contributed by atoms with E-state index in [9.17, 15) is 4.79 Å². The molecular formula is C12H19NO3. The lowest BCUT2D eigenvalue weighted by Crippen LogP contribution is -2.48. The van der Waals surface area contributed by atoms with Crippen LogP contribution in [0.25, 0.3) is 0 Å². The molecular weight excluding hydrogens is 206 g/mol. The van der Waals surface area contributed by atoms with E-state index in [0.29, 0.717) is 6.54 Å². The molecule has 4 heteroatoms. The standard InChI is InChI=1S/C12H19NO3/c1-3-8-13(9-12(14)15)10-6-4-5-7-11(10)16-2/h1,10-11H,4-9H2,2H3,(H,14,15). The maximum atomic E-state index is 10.8. The van der Waals surface area contributed by atoms with Gasteiger partial charge in [0.05, 0.1) is 19.2 Å². The molecule has 1 aliphatic carbocycles. The fourth-order valence-electron chi connectivity index (χ4n) is 2.35. The minimum absolute atomic E-state index is 0.00523. The Kier molecular flexibility index (Phi) is 5.30. The molecule has 0 aromatic heterocycles. The number of methoxy groups -OCH3 is 1. The van der Waals surface area contributed by atoms with Crippen LogP contribution in [0.3, 0.4) is 0 Å². The van der Waals surface area contributed by atoms with Crippen LogP contribution >= 0.6 is 0 Å². The number of hydrogen-bond acceptors (Lipinski definition) is 3. The third kappa shape index (κ3) is 3.51. The van der Waals surface area contributed by atoms with Crippen molar-refractivity contribution in [1.82, 2.24) is 4.90 Å². The number of hydrogen-bond donors (Lipinski definition) is 1. The van der Waals surface area contributed by atoms with Gasteiger partial charge < -0.3 is 9.84 Å². The van der Waals surface area contributed by atoms with Crippen molar-refractivity contribution in [3.8, 4) is 12.3 Å². The van der Waals surface area contributed by atoms with Crippen molar-refractivity contribution in [3.05, 3.63) is 0 Å². The van der Waals surface area contributed by atoms with Crippen LogP contribution in [0.4, 0.5) is 0 Å². The molecule has 1 aliphatic rings. The molecule has 0 bridgehead atoms. The highest BCUT2D eigenvalue weighted by Crippen LogP contribution is 2.24. The van der Waals surface area contributed by atoms with Crippen molar-refractivity contribution in [3.63, 3.8) is 0 Å². The van der Waals surface area contributed by atoms with Gasteiger partial charge >= 0.3 is 5.97 Å². The fraction of sp³-hybridized carbons (Fsp3) is 0.750. The number of terminal acetylenes is 1. The molecule has 2 atom stereocenters. The molecule has 0 aliphatic heterocycles.